The number of benzene rings is 1. The minimum atomic E-state index is 0.320. The van der Waals surface area contributed by atoms with E-state index in [4.69, 9.17) is 10.7 Å². The largest absolute Gasteiger partial charge is 0.328 e. The molecule has 2 atom stereocenters. The summed E-state index contributed by atoms with van der Waals surface area (Å²) in [5, 5.41) is 9.59. The van der Waals surface area contributed by atoms with E-state index in [1.165, 1.54) is 0 Å². The summed E-state index contributed by atoms with van der Waals surface area (Å²) in [6.07, 6.45) is 5.92. The lowest BCUT2D eigenvalue weighted by Crippen LogP contribution is -2.15. The van der Waals surface area contributed by atoms with Crippen LogP contribution in [0.1, 0.15) is 30.8 Å². The Balaban J connectivity index is 1.53. The van der Waals surface area contributed by atoms with Crippen LogP contribution in [0.5, 0.6) is 0 Å². The molecular formula is C20H21N7. The number of nitrogens with zero attached hydrogens (tertiary/aromatic N) is 6. The predicted molar refractivity (Wildman–Crippen MR) is 104 cm³/mol. The van der Waals surface area contributed by atoms with E-state index in [1.54, 1.807) is 10.9 Å². The summed E-state index contributed by atoms with van der Waals surface area (Å²) >= 11 is 0. The highest BCUT2D eigenvalue weighted by Crippen LogP contribution is 2.27. The van der Waals surface area contributed by atoms with E-state index in [0.29, 0.717) is 17.5 Å². The van der Waals surface area contributed by atoms with E-state index in [9.17, 15) is 0 Å². The van der Waals surface area contributed by atoms with Crippen LogP contribution in [0, 0.1) is 12.8 Å². The van der Waals surface area contributed by atoms with Crippen LogP contribution < -0.4 is 5.73 Å². The molecular weight excluding hydrogens is 338 g/mol. The van der Waals surface area contributed by atoms with Gasteiger partial charge < -0.3 is 5.73 Å². The smallest absolute Gasteiger partial charge is 0.187 e. The van der Waals surface area contributed by atoms with Gasteiger partial charge in [-0.05, 0) is 56.4 Å². The molecule has 7 heteroatoms. The standard InChI is InChI=1S/C20H21N7/c1-12-2-4-14-10-16(6-7-17(14)23-12)27-20-18(25-26-27)11-22-19(24-20)9-13-3-5-15(21)8-13/h2,4,6-7,10-11,13,15H,3,5,8-9,21H2,1H3/t13-,15-/m1/s1. The predicted octanol–water partition coefficient (Wildman–Crippen LogP) is 2.74. The number of fused-ring (bicyclic) bond motifs is 2. The Bertz CT molecular complexity index is 1130. The van der Waals surface area contributed by atoms with E-state index >= 15 is 0 Å². The van der Waals surface area contributed by atoms with Crippen LogP contribution in [-0.4, -0.2) is 36.0 Å². The molecule has 0 bridgehead atoms. The molecule has 0 unspecified atom stereocenters. The fourth-order valence-corrected chi connectivity index (χ4v) is 3.94. The summed E-state index contributed by atoms with van der Waals surface area (Å²) in [5.41, 5.74) is 10.4. The molecule has 3 aromatic heterocycles. The van der Waals surface area contributed by atoms with Gasteiger partial charge in [-0.15, -0.1) is 5.10 Å². The molecule has 1 aliphatic carbocycles. The molecule has 0 spiro atoms. The minimum Gasteiger partial charge on any atom is -0.328 e. The van der Waals surface area contributed by atoms with Crippen molar-refractivity contribution in [2.75, 3.05) is 0 Å². The third-order valence-corrected chi connectivity index (χ3v) is 5.35. The number of rotatable bonds is 3. The molecule has 0 saturated heterocycles. The van der Waals surface area contributed by atoms with E-state index in [1.807, 2.05) is 25.1 Å². The number of nitrogens with two attached hydrogens (primary N) is 1. The van der Waals surface area contributed by atoms with Crippen LogP contribution >= 0.6 is 0 Å². The summed E-state index contributed by atoms with van der Waals surface area (Å²) in [5.74, 6) is 1.40. The SMILES string of the molecule is Cc1ccc2cc(-n3nnc4cnc(C[C@@H]5CC[C@@H](N)C5)nc43)ccc2n1. The Kier molecular flexibility index (Phi) is 3.82. The van der Waals surface area contributed by atoms with Crippen LogP contribution in [0.3, 0.4) is 0 Å². The normalized spacial score (nSPS) is 19.9. The van der Waals surface area contributed by atoms with Crippen molar-refractivity contribution >= 4 is 22.1 Å². The lowest BCUT2D eigenvalue weighted by molar-refractivity contribution is 0.521. The Labute approximate surface area is 156 Å². The Hall–Kier alpha value is -2.93. The average molecular weight is 359 g/mol. The van der Waals surface area contributed by atoms with Crippen molar-refractivity contribution in [1.82, 2.24) is 29.9 Å². The number of hydrogen-bond donors (Lipinski definition) is 1. The van der Waals surface area contributed by atoms with Gasteiger partial charge >= 0.3 is 0 Å². The molecule has 27 heavy (non-hydrogen) atoms. The average Bonchev–Trinajstić information content (AvgIpc) is 3.27. The second-order valence-corrected chi connectivity index (χ2v) is 7.47. The van der Waals surface area contributed by atoms with Crippen molar-refractivity contribution in [2.45, 2.75) is 38.6 Å². The van der Waals surface area contributed by atoms with Crippen molar-refractivity contribution in [3.63, 3.8) is 0 Å². The second kappa shape index (κ2) is 6.35. The molecule has 5 rings (SSSR count). The highest BCUT2D eigenvalue weighted by molar-refractivity contribution is 5.82. The minimum absolute atomic E-state index is 0.320. The molecule has 1 fully saturated rings. The summed E-state index contributed by atoms with van der Waals surface area (Å²) < 4.78 is 1.78. The maximum Gasteiger partial charge on any atom is 0.187 e. The molecule has 7 nitrogen and oxygen atoms in total. The van der Waals surface area contributed by atoms with Gasteiger partial charge in [0, 0.05) is 23.5 Å². The second-order valence-electron chi connectivity index (χ2n) is 7.47. The van der Waals surface area contributed by atoms with Crippen LogP contribution in [0.15, 0.2) is 36.5 Å². The molecule has 3 heterocycles. The number of aromatic nitrogens is 6. The van der Waals surface area contributed by atoms with Crippen LogP contribution in [-0.2, 0) is 6.42 Å². The Morgan fingerprint density at radius 1 is 1.11 bits per heavy atom. The first-order valence-corrected chi connectivity index (χ1v) is 9.36. The van der Waals surface area contributed by atoms with Crippen LogP contribution in [0.4, 0.5) is 0 Å². The fraction of sp³-hybridized carbons (Fsp3) is 0.350. The van der Waals surface area contributed by atoms with Gasteiger partial charge in [0.15, 0.2) is 11.2 Å². The molecule has 1 aromatic carbocycles. The van der Waals surface area contributed by atoms with Crippen LogP contribution in [0.2, 0.25) is 0 Å². The zero-order valence-corrected chi connectivity index (χ0v) is 15.2. The first-order chi connectivity index (χ1) is 13.2. The fourth-order valence-electron chi connectivity index (χ4n) is 3.94. The number of pyridine rings is 1. The van der Waals surface area contributed by atoms with Gasteiger partial charge in [-0.2, -0.15) is 4.68 Å². The van der Waals surface area contributed by atoms with Gasteiger partial charge in [-0.25, -0.2) is 9.97 Å². The lowest BCUT2D eigenvalue weighted by atomic mass is 10.0. The highest BCUT2D eigenvalue weighted by atomic mass is 15.4. The molecule has 136 valence electrons. The number of aryl methyl sites for hydroxylation is 1. The van der Waals surface area contributed by atoms with Crippen LogP contribution in [0.25, 0.3) is 27.8 Å². The summed E-state index contributed by atoms with van der Waals surface area (Å²) in [6.45, 7) is 1.99. The summed E-state index contributed by atoms with van der Waals surface area (Å²) in [6, 6.07) is 10.5. The molecule has 0 aliphatic heterocycles. The van der Waals surface area contributed by atoms with Gasteiger partial charge in [0.1, 0.15) is 5.82 Å². The molecule has 4 aromatic rings. The van der Waals surface area contributed by atoms with Gasteiger partial charge in [0.2, 0.25) is 0 Å². The van der Waals surface area contributed by atoms with Crippen molar-refractivity contribution in [3.05, 3.63) is 48.0 Å². The first kappa shape index (κ1) is 16.3. The zero-order chi connectivity index (χ0) is 18.4. The van der Waals surface area contributed by atoms with E-state index in [-0.39, 0.29) is 0 Å². The van der Waals surface area contributed by atoms with Gasteiger partial charge in [0.05, 0.1) is 17.4 Å². The molecule has 2 N–H and O–H groups in total. The number of hydrogen-bond acceptors (Lipinski definition) is 6. The summed E-state index contributed by atoms with van der Waals surface area (Å²) in [4.78, 5) is 13.8. The van der Waals surface area contributed by atoms with Crippen molar-refractivity contribution < 1.29 is 0 Å². The van der Waals surface area contributed by atoms with Gasteiger partial charge in [-0.1, -0.05) is 11.3 Å². The maximum absolute atomic E-state index is 6.04. The van der Waals surface area contributed by atoms with Gasteiger partial charge in [0.25, 0.3) is 0 Å². The molecule has 1 aliphatic rings. The molecule has 0 radical (unpaired) electrons. The third kappa shape index (κ3) is 3.04. The topological polar surface area (TPSA) is 95.4 Å². The van der Waals surface area contributed by atoms with Crippen molar-refractivity contribution in [2.24, 2.45) is 11.7 Å². The monoisotopic (exact) mass is 359 g/mol. The third-order valence-electron chi connectivity index (χ3n) is 5.35. The zero-order valence-electron chi connectivity index (χ0n) is 15.2. The summed E-state index contributed by atoms with van der Waals surface area (Å²) in [7, 11) is 0. The van der Waals surface area contributed by atoms with E-state index < -0.39 is 0 Å². The molecule has 0 amide bonds. The van der Waals surface area contributed by atoms with Gasteiger partial charge in [-0.3, -0.25) is 4.98 Å². The van der Waals surface area contributed by atoms with E-state index in [0.717, 1.165) is 59.4 Å². The van der Waals surface area contributed by atoms with Crippen molar-refractivity contribution in [3.8, 4) is 5.69 Å². The Morgan fingerprint density at radius 3 is 2.89 bits per heavy atom. The first-order valence-electron chi connectivity index (χ1n) is 9.36. The maximum atomic E-state index is 6.04. The molecule has 1 saturated carbocycles. The van der Waals surface area contributed by atoms with Crippen molar-refractivity contribution in [1.29, 1.82) is 0 Å². The quantitative estimate of drug-likeness (QED) is 0.604. The lowest BCUT2D eigenvalue weighted by Gasteiger charge is -2.08. The highest BCUT2D eigenvalue weighted by Gasteiger charge is 2.23. The van der Waals surface area contributed by atoms with E-state index in [2.05, 4.69) is 32.4 Å². The Morgan fingerprint density at radius 2 is 2.04 bits per heavy atom.